The van der Waals surface area contributed by atoms with E-state index in [0.29, 0.717) is 28.2 Å². The van der Waals surface area contributed by atoms with Crippen LogP contribution in [0.5, 0.6) is 17.2 Å². The lowest BCUT2D eigenvalue weighted by molar-refractivity contribution is 0.0734. The fourth-order valence-corrected chi connectivity index (χ4v) is 3.24. The number of hydrogen-bond acceptors (Lipinski definition) is 5. The summed E-state index contributed by atoms with van der Waals surface area (Å²) in [5, 5.41) is 0. The van der Waals surface area contributed by atoms with E-state index in [0.717, 1.165) is 6.07 Å². The molecule has 1 heterocycles. The van der Waals surface area contributed by atoms with Crippen molar-refractivity contribution in [1.82, 2.24) is 0 Å². The van der Waals surface area contributed by atoms with E-state index in [9.17, 15) is 14.0 Å². The van der Waals surface area contributed by atoms with Gasteiger partial charge in [0, 0.05) is 11.6 Å². The third-order valence-corrected chi connectivity index (χ3v) is 4.64. The third-order valence-electron chi connectivity index (χ3n) is 4.64. The van der Waals surface area contributed by atoms with Crippen LogP contribution in [0.2, 0.25) is 0 Å². The summed E-state index contributed by atoms with van der Waals surface area (Å²) >= 11 is 0. The van der Waals surface area contributed by atoms with Crippen molar-refractivity contribution in [2.75, 3.05) is 7.11 Å². The number of carbonyl (C=O) groups is 2. The zero-order chi connectivity index (χ0) is 21.3. The van der Waals surface area contributed by atoms with Crippen LogP contribution >= 0.6 is 0 Å². The highest BCUT2D eigenvalue weighted by Crippen LogP contribution is 2.38. The highest BCUT2D eigenvalue weighted by molar-refractivity contribution is 6.15. The Labute approximate surface area is 172 Å². The molecule has 5 nitrogen and oxygen atoms in total. The highest BCUT2D eigenvalue weighted by Gasteiger charge is 2.30. The Hall–Kier alpha value is -3.93. The Bertz CT molecular complexity index is 1200. The summed E-state index contributed by atoms with van der Waals surface area (Å²) in [6, 6.07) is 15.5. The zero-order valence-corrected chi connectivity index (χ0v) is 16.3. The van der Waals surface area contributed by atoms with Gasteiger partial charge in [-0.25, -0.2) is 9.18 Å². The molecule has 0 saturated carbocycles. The molecule has 0 fully saturated rings. The van der Waals surface area contributed by atoms with Crippen LogP contribution in [0.15, 0.2) is 66.4 Å². The molecule has 0 aliphatic carbocycles. The zero-order valence-electron chi connectivity index (χ0n) is 16.3. The number of fused-ring (bicyclic) bond motifs is 1. The van der Waals surface area contributed by atoms with Gasteiger partial charge in [0.25, 0.3) is 0 Å². The van der Waals surface area contributed by atoms with Crippen molar-refractivity contribution in [3.63, 3.8) is 0 Å². The molecule has 0 bridgehead atoms. The molecule has 1 aliphatic heterocycles. The Morgan fingerprint density at radius 1 is 1.07 bits per heavy atom. The maximum Gasteiger partial charge on any atom is 0.343 e. The van der Waals surface area contributed by atoms with E-state index in [1.165, 1.54) is 24.3 Å². The van der Waals surface area contributed by atoms with Crippen molar-refractivity contribution >= 4 is 17.8 Å². The number of para-hydroxylation sites is 1. The summed E-state index contributed by atoms with van der Waals surface area (Å²) in [5.41, 5.74) is 1.79. The van der Waals surface area contributed by atoms with E-state index in [1.807, 2.05) is 18.2 Å². The number of rotatable bonds is 4. The summed E-state index contributed by atoms with van der Waals surface area (Å²) in [6.45, 7) is 1.73. The predicted octanol–water partition coefficient (Wildman–Crippen LogP) is 4.98. The molecular weight excluding hydrogens is 387 g/mol. The minimum atomic E-state index is -0.706. The van der Waals surface area contributed by atoms with Crippen LogP contribution < -0.4 is 14.2 Å². The summed E-state index contributed by atoms with van der Waals surface area (Å²) in [7, 11) is 1.55. The number of aryl methyl sites for hydroxylation is 1. The maximum atomic E-state index is 13.3. The average molecular weight is 404 g/mol. The number of hydrogen-bond donors (Lipinski definition) is 0. The quantitative estimate of drug-likeness (QED) is 0.349. The number of methoxy groups -OCH3 is 1. The molecule has 0 amide bonds. The van der Waals surface area contributed by atoms with Gasteiger partial charge in [0.1, 0.15) is 23.1 Å². The van der Waals surface area contributed by atoms with Crippen LogP contribution in [-0.2, 0) is 0 Å². The number of ether oxygens (including phenoxy) is 3. The van der Waals surface area contributed by atoms with Gasteiger partial charge >= 0.3 is 5.97 Å². The molecule has 6 heteroatoms. The number of allylic oxidation sites excluding steroid dienone is 1. The fourth-order valence-electron chi connectivity index (χ4n) is 3.24. The Morgan fingerprint density at radius 2 is 1.87 bits per heavy atom. The molecule has 150 valence electrons. The molecule has 0 aromatic heterocycles. The standard InChI is InChI=1S/C24H17FO5/c1-14-10-18(29-24(27)16-7-5-8-17(25)11-16)13-20-22(14)23(26)21(30-20)12-15-6-3-4-9-19(15)28-2/h3-13H,1-2H3/b21-12-. The SMILES string of the molecule is COc1ccccc1/C=C1\Oc2cc(OC(=O)c3cccc(F)c3)cc(C)c2C1=O. The van der Waals surface area contributed by atoms with E-state index in [2.05, 4.69) is 0 Å². The van der Waals surface area contributed by atoms with Crippen LogP contribution in [0.3, 0.4) is 0 Å². The number of halogens is 1. The lowest BCUT2D eigenvalue weighted by Gasteiger charge is -2.08. The summed E-state index contributed by atoms with van der Waals surface area (Å²) in [5.74, 6) is -0.256. The Morgan fingerprint density at radius 3 is 2.63 bits per heavy atom. The van der Waals surface area contributed by atoms with E-state index in [4.69, 9.17) is 14.2 Å². The molecule has 30 heavy (non-hydrogen) atoms. The molecule has 0 radical (unpaired) electrons. The van der Waals surface area contributed by atoms with Gasteiger partial charge in [0.05, 0.1) is 18.2 Å². The number of Topliss-reactive ketones (excluding diaryl/α,β-unsaturated/α-hetero) is 1. The summed E-state index contributed by atoms with van der Waals surface area (Å²) < 4.78 is 29.8. The largest absolute Gasteiger partial charge is 0.496 e. The molecule has 0 N–H and O–H groups in total. The topological polar surface area (TPSA) is 61.8 Å². The predicted molar refractivity (Wildman–Crippen MR) is 108 cm³/mol. The molecule has 1 aliphatic rings. The van der Waals surface area contributed by atoms with Crippen molar-refractivity contribution < 1.29 is 28.2 Å². The van der Waals surface area contributed by atoms with Gasteiger partial charge in [-0.3, -0.25) is 4.79 Å². The Kier molecular flexibility index (Phi) is 5.06. The molecule has 0 saturated heterocycles. The normalized spacial score (nSPS) is 13.7. The van der Waals surface area contributed by atoms with E-state index < -0.39 is 11.8 Å². The molecule has 3 aromatic carbocycles. The molecule has 0 unspecified atom stereocenters. The van der Waals surface area contributed by atoms with Crippen LogP contribution in [-0.4, -0.2) is 18.9 Å². The highest BCUT2D eigenvalue weighted by atomic mass is 19.1. The maximum absolute atomic E-state index is 13.3. The van der Waals surface area contributed by atoms with Crippen LogP contribution in [0.1, 0.15) is 31.8 Å². The molecule has 3 aromatic rings. The first-order valence-corrected chi connectivity index (χ1v) is 9.16. The summed E-state index contributed by atoms with van der Waals surface area (Å²) in [4.78, 5) is 25.1. The fraction of sp³-hybridized carbons (Fsp3) is 0.0833. The smallest absolute Gasteiger partial charge is 0.343 e. The molecule has 0 spiro atoms. The molecule has 0 atom stereocenters. The van der Waals surface area contributed by atoms with E-state index >= 15 is 0 Å². The number of benzene rings is 3. The lowest BCUT2D eigenvalue weighted by atomic mass is 10.0. The van der Waals surface area contributed by atoms with Crippen molar-refractivity contribution in [2.45, 2.75) is 6.92 Å². The molecular formula is C24H17FO5. The molecule has 4 rings (SSSR count). The van der Waals surface area contributed by atoms with E-state index in [-0.39, 0.29) is 22.9 Å². The third kappa shape index (κ3) is 3.67. The van der Waals surface area contributed by atoms with Crippen molar-refractivity contribution in [3.8, 4) is 17.2 Å². The van der Waals surface area contributed by atoms with E-state index in [1.54, 1.807) is 32.2 Å². The Balaban J connectivity index is 1.63. The van der Waals surface area contributed by atoms with Gasteiger partial charge in [-0.05, 0) is 48.9 Å². The second-order valence-corrected chi connectivity index (χ2v) is 6.69. The van der Waals surface area contributed by atoms with Crippen LogP contribution in [0.25, 0.3) is 6.08 Å². The van der Waals surface area contributed by atoms with Gasteiger partial charge < -0.3 is 14.2 Å². The van der Waals surface area contributed by atoms with Gasteiger partial charge in [0.2, 0.25) is 5.78 Å². The van der Waals surface area contributed by atoms with Gasteiger partial charge in [-0.1, -0.05) is 24.3 Å². The number of esters is 1. The van der Waals surface area contributed by atoms with Gasteiger partial charge in [0.15, 0.2) is 5.76 Å². The second-order valence-electron chi connectivity index (χ2n) is 6.69. The van der Waals surface area contributed by atoms with Gasteiger partial charge in [-0.15, -0.1) is 0 Å². The van der Waals surface area contributed by atoms with Gasteiger partial charge in [-0.2, -0.15) is 0 Å². The minimum Gasteiger partial charge on any atom is -0.496 e. The minimum absolute atomic E-state index is 0.0851. The van der Waals surface area contributed by atoms with Crippen LogP contribution in [0, 0.1) is 12.7 Å². The lowest BCUT2D eigenvalue weighted by Crippen LogP contribution is -2.09. The average Bonchev–Trinajstić information content (AvgIpc) is 3.04. The first-order valence-electron chi connectivity index (χ1n) is 9.16. The first-order chi connectivity index (χ1) is 14.5. The summed E-state index contributed by atoms with van der Waals surface area (Å²) in [6.07, 6.45) is 1.61. The number of carbonyl (C=O) groups excluding carboxylic acids is 2. The first kappa shape index (κ1) is 19.4. The second kappa shape index (κ2) is 7.83. The van der Waals surface area contributed by atoms with Crippen molar-refractivity contribution in [2.24, 2.45) is 0 Å². The monoisotopic (exact) mass is 404 g/mol. The van der Waals surface area contributed by atoms with Crippen LogP contribution in [0.4, 0.5) is 4.39 Å². The van der Waals surface area contributed by atoms with Crippen molar-refractivity contribution in [1.29, 1.82) is 0 Å². The number of ketones is 1. The van der Waals surface area contributed by atoms with Crippen molar-refractivity contribution in [3.05, 3.63) is 94.5 Å².